The third-order valence-electron chi connectivity index (χ3n) is 2.49. The van der Waals surface area contributed by atoms with Gasteiger partial charge in [0.2, 0.25) is 0 Å². The molecule has 0 aliphatic heterocycles. The van der Waals surface area contributed by atoms with Gasteiger partial charge in [0.1, 0.15) is 0 Å². The maximum absolute atomic E-state index is 10.0. The first-order chi connectivity index (χ1) is 6.84. The number of aliphatic hydroxyl groups excluding tert-OH is 1. The van der Waals surface area contributed by atoms with Gasteiger partial charge >= 0.3 is 0 Å². The molecule has 0 heterocycles. The highest BCUT2D eigenvalue weighted by atomic mass is 35.5. The molecule has 1 aromatic carbocycles. The molecule has 0 amide bonds. The van der Waals surface area contributed by atoms with Crippen LogP contribution >= 0.6 is 24.0 Å². The molecule has 16 heavy (non-hydrogen) atoms. The monoisotopic (exact) mass is 263 g/mol. The molecule has 0 spiro atoms. The van der Waals surface area contributed by atoms with E-state index < -0.39 is 12.1 Å². The van der Waals surface area contributed by atoms with E-state index in [9.17, 15) is 5.11 Å². The Morgan fingerprint density at radius 2 is 1.75 bits per heavy atom. The van der Waals surface area contributed by atoms with Gasteiger partial charge in [0.05, 0.1) is 12.1 Å². The lowest BCUT2D eigenvalue weighted by Crippen LogP contribution is -2.37. The summed E-state index contributed by atoms with van der Waals surface area (Å²) in [6, 6.07) is 6.91. The van der Waals surface area contributed by atoms with Gasteiger partial charge in [0, 0.05) is 5.02 Å². The lowest BCUT2D eigenvalue weighted by atomic mass is 9.82. The smallest absolute Gasteiger partial charge is 0.0781 e. The van der Waals surface area contributed by atoms with Gasteiger partial charge in [0.25, 0.3) is 0 Å². The largest absolute Gasteiger partial charge is 0.391 e. The standard InChI is InChI=1S/C12H18ClNO.ClH/c1-12(2,3)11(15)10(14)8-6-4-5-7-9(8)13;/h4-7,10-11,15H,14H2,1-3H3;1H/t10-,11-;/m0./s1. The van der Waals surface area contributed by atoms with E-state index in [1.165, 1.54) is 0 Å². The highest BCUT2D eigenvalue weighted by Gasteiger charge is 2.29. The van der Waals surface area contributed by atoms with E-state index in [-0.39, 0.29) is 17.8 Å². The molecule has 0 bridgehead atoms. The fraction of sp³-hybridized carbons (Fsp3) is 0.500. The van der Waals surface area contributed by atoms with E-state index in [0.717, 1.165) is 5.56 Å². The summed E-state index contributed by atoms with van der Waals surface area (Å²) in [5.41, 5.74) is 6.53. The first kappa shape index (κ1) is 15.7. The Morgan fingerprint density at radius 3 is 2.19 bits per heavy atom. The van der Waals surface area contributed by atoms with Crippen LogP contribution in [0.25, 0.3) is 0 Å². The summed E-state index contributed by atoms with van der Waals surface area (Å²) in [5, 5.41) is 10.7. The highest BCUT2D eigenvalue weighted by molar-refractivity contribution is 6.31. The Bertz CT molecular complexity index is 336. The lowest BCUT2D eigenvalue weighted by Gasteiger charge is -2.31. The minimum atomic E-state index is -0.614. The molecule has 2 atom stereocenters. The van der Waals surface area contributed by atoms with Crippen LogP contribution in [0, 0.1) is 5.41 Å². The third kappa shape index (κ3) is 3.63. The second-order valence-electron chi connectivity index (χ2n) is 4.86. The summed E-state index contributed by atoms with van der Waals surface area (Å²) >= 11 is 6.02. The maximum Gasteiger partial charge on any atom is 0.0781 e. The third-order valence-corrected chi connectivity index (χ3v) is 2.84. The summed E-state index contributed by atoms with van der Waals surface area (Å²) in [6.45, 7) is 5.86. The van der Waals surface area contributed by atoms with Crippen LogP contribution < -0.4 is 5.73 Å². The second kappa shape index (κ2) is 5.87. The number of hydrogen-bond donors (Lipinski definition) is 2. The van der Waals surface area contributed by atoms with Crippen LogP contribution in [0.1, 0.15) is 32.4 Å². The van der Waals surface area contributed by atoms with Gasteiger partial charge in [-0.15, -0.1) is 12.4 Å². The van der Waals surface area contributed by atoms with Gasteiger partial charge in [-0.1, -0.05) is 50.6 Å². The zero-order valence-electron chi connectivity index (χ0n) is 9.77. The molecular weight excluding hydrogens is 245 g/mol. The van der Waals surface area contributed by atoms with Gasteiger partial charge in [-0.3, -0.25) is 0 Å². The van der Waals surface area contributed by atoms with Gasteiger partial charge < -0.3 is 10.8 Å². The van der Waals surface area contributed by atoms with Crippen molar-refractivity contribution in [1.82, 2.24) is 0 Å². The van der Waals surface area contributed by atoms with Crippen molar-refractivity contribution < 1.29 is 5.11 Å². The molecule has 0 unspecified atom stereocenters. The van der Waals surface area contributed by atoms with E-state index in [1.807, 2.05) is 39.0 Å². The number of nitrogens with two attached hydrogens (primary N) is 1. The van der Waals surface area contributed by atoms with Crippen molar-refractivity contribution in [2.45, 2.75) is 32.9 Å². The van der Waals surface area contributed by atoms with Crippen LogP contribution in [0.15, 0.2) is 24.3 Å². The van der Waals surface area contributed by atoms with Gasteiger partial charge in [0.15, 0.2) is 0 Å². The average molecular weight is 264 g/mol. The predicted molar refractivity (Wildman–Crippen MR) is 71.1 cm³/mol. The van der Waals surface area contributed by atoms with Crippen molar-refractivity contribution in [2.24, 2.45) is 11.1 Å². The van der Waals surface area contributed by atoms with E-state index in [1.54, 1.807) is 6.07 Å². The molecule has 0 saturated heterocycles. The van der Waals surface area contributed by atoms with Gasteiger partial charge in [-0.05, 0) is 17.0 Å². The fourth-order valence-electron chi connectivity index (χ4n) is 1.45. The van der Waals surface area contributed by atoms with E-state index in [4.69, 9.17) is 17.3 Å². The van der Waals surface area contributed by atoms with Crippen molar-refractivity contribution in [3.8, 4) is 0 Å². The topological polar surface area (TPSA) is 46.2 Å². The molecular formula is C12H19Cl2NO. The zero-order chi connectivity index (χ0) is 11.6. The normalized spacial score (nSPS) is 15.1. The van der Waals surface area contributed by atoms with E-state index in [0.29, 0.717) is 5.02 Å². The number of benzene rings is 1. The van der Waals surface area contributed by atoms with Crippen LogP contribution in [0.3, 0.4) is 0 Å². The number of rotatable bonds is 2. The summed E-state index contributed by atoms with van der Waals surface area (Å²) in [6.07, 6.45) is -0.614. The van der Waals surface area contributed by atoms with Crippen LogP contribution in [0.4, 0.5) is 0 Å². The molecule has 0 aliphatic rings. The number of hydrogen-bond acceptors (Lipinski definition) is 2. The van der Waals surface area contributed by atoms with Crippen molar-refractivity contribution in [3.63, 3.8) is 0 Å². The Balaban J connectivity index is 0.00000225. The number of halogens is 2. The number of aliphatic hydroxyl groups is 1. The SMILES string of the molecule is CC(C)(C)[C@@H](O)[C@@H](N)c1ccccc1Cl.Cl. The van der Waals surface area contributed by atoms with Crippen molar-refractivity contribution in [1.29, 1.82) is 0 Å². The summed E-state index contributed by atoms with van der Waals surface area (Å²) in [5.74, 6) is 0. The Hall–Kier alpha value is -0.280. The molecule has 0 aliphatic carbocycles. The Kier molecular flexibility index (Phi) is 5.77. The van der Waals surface area contributed by atoms with Gasteiger partial charge in [-0.2, -0.15) is 0 Å². The molecule has 2 nitrogen and oxygen atoms in total. The fourth-order valence-corrected chi connectivity index (χ4v) is 1.72. The first-order valence-corrected chi connectivity index (χ1v) is 5.40. The summed E-state index contributed by atoms with van der Waals surface area (Å²) < 4.78 is 0. The maximum atomic E-state index is 10.0. The van der Waals surface area contributed by atoms with Crippen molar-refractivity contribution in [3.05, 3.63) is 34.9 Å². The molecule has 0 fully saturated rings. The second-order valence-corrected chi connectivity index (χ2v) is 5.27. The van der Waals surface area contributed by atoms with Crippen LogP contribution in [-0.4, -0.2) is 11.2 Å². The molecule has 1 aromatic rings. The molecule has 4 heteroatoms. The summed E-state index contributed by atoms with van der Waals surface area (Å²) in [4.78, 5) is 0. The van der Waals surface area contributed by atoms with Gasteiger partial charge in [-0.25, -0.2) is 0 Å². The Labute approximate surface area is 108 Å². The zero-order valence-corrected chi connectivity index (χ0v) is 11.3. The van der Waals surface area contributed by atoms with Crippen molar-refractivity contribution in [2.75, 3.05) is 0 Å². The Morgan fingerprint density at radius 1 is 1.25 bits per heavy atom. The quantitative estimate of drug-likeness (QED) is 0.861. The first-order valence-electron chi connectivity index (χ1n) is 5.02. The summed E-state index contributed by atoms with van der Waals surface area (Å²) in [7, 11) is 0. The average Bonchev–Trinajstić information content (AvgIpc) is 2.15. The minimum Gasteiger partial charge on any atom is -0.391 e. The van der Waals surface area contributed by atoms with Crippen molar-refractivity contribution >= 4 is 24.0 Å². The van der Waals surface area contributed by atoms with E-state index >= 15 is 0 Å². The molecule has 92 valence electrons. The molecule has 0 saturated carbocycles. The molecule has 0 radical (unpaired) electrons. The van der Waals surface area contributed by atoms with E-state index in [2.05, 4.69) is 0 Å². The van der Waals surface area contributed by atoms with Crippen LogP contribution in [-0.2, 0) is 0 Å². The lowest BCUT2D eigenvalue weighted by molar-refractivity contribution is 0.0401. The van der Waals surface area contributed by atoms with Crippen LogP contribution in [0.5, 0.6) is 0 Å². The minimum absolute atomic E-state index is 0. The molecule has 3 N–H and O–H groups in total. The van der Waals surface area contributed by atoms with Crippen LogP contribution in [0.2, 0.25) is 5.02 Å². The highest BCUT2D eigenvalue weighted by Crippen LogP contribution is 2.31. The molecule has 0 aromatic heterocycles. The molecule has 1 rings (SSSR count). The predicted octanol–water partition coefficient (Wildman–Crippen LogP) is 3.17.